The number of hydrogen-bond donors (Lipinski definition) is 1. The fourth-order valence-corrected chi connectivity index (χ4v) is 2.57. The lowest BCUT2D eigenvalue weighted by atomic mass is 10.2. The number of ether oxygens (including phenoxy) is 2. The Hall–Kier alpha value is -2.27. The van der Waals surface area contributed by atoms with Gasteiger partial charge in [-0.1, -0.05) is 12.1 Å². The first kappa shape index (κ1) is 11.8. The molecule has 5 heteroatoms. The molecule has 0 amide bonds. The van der Waals surface area contributed by atoms with E-state index < -0.39 is 0 Å². The summed E-state index contributed by atoms with van der Waals surface area (Å²) in [5.74, 6) is 1.31. The molecular formula is C14H12N2O2S. The Morgan fingerprint density at radius 2 is 2.00 bits per heavy atom. The van der Waals surface area contributed by atoms with Gasteiger partial charge >= 0.3 is 0 Å². The number of nitrogen functional groups attached to an aromatic ring is 1. The summed E-state index contributed by atoms with van der Waals surface area (Å²) in [5.41, 5.74) is 7.34. The van der Waals surface area contributed by atoms with Crippen LogP contribution < -0.4 is 15.2 Å². The molecule has 0 radical (unpaired) electrons. The predicted molar refractivity (Wildman–Crippen MR) is 77.1 cm³/mol. The molecule has 0 atom stereocenters. The molecule has 1 heterocycles. The van der Waals surface area contributed by atoms with Crippen molar-refractivity contribution in [2.45, 2.75) is 0 Å². The van der Waals surface area contributed by atoms with Crippen molar-refractivity contribution >= 4 is 28.1 Å². The number of aromatic nitrogens is 1. The van der Waals surface area contributed by atoms with Crippen molar-refractivity contribution in [1.29, 1.82) is 0 Å². The summed E-state index contributed by atoms with van der Waals surface area (Å²) in [6, 6.07) is 13.2. The van der Waals surface area contributed by atoms with Crippen LogP contribution in [0.25, 0.3) is 10.9 Å². The van der Waals surface area contributed by atoms with Crippen molar-refractivity contribution in [3.05, 3.63) is 42.5 Å². The zero-order chi connectivity index (χ0) is 13.2. The van der Waals surface area contributed by atoms with E-state index in [1.807, 2.05) is 30.3 Å². The molecule has 0 aliphatic carbocycles. The highest BCUT2D eigenvalue weighted by Crippen LogP contribution is 2.35. The molecule has 2 N–H and O–H groups in total. The van der Waals surface area contributed by atoms with Crippen molar-refractivity contribution in [2.75, 3.05) is 12.8 Å². The maximum absolute atomic E-state index is 5.86. The maximum atomic E-state index is 5.86. The van der Waals surface area contributed by atoms with E-state index in [0.29, 0.717) is 17.2 Å². The van der Waals surface area contributed by atoms with Gasteiger partial charge in [0.15, 0.2) is 0 Å². The third kappa shape index (κ3) is 2.20. The van der Waals surface area contributed by atoms with E-state index in [2.05, 4.69) is 4.37 Å². The van der Waals surface area contributed by atoms with Crippen LogP contribution in [0.5, 0.6) is 16.6 Å². The standard InChI is InChI=1S/C14H12N2O2S/c1-17-13-7-6-9(8-11(13)15)18-14-10-4-2-3-5-12(10)16-19-14/h2-8H,15H2,1H3. The molecule has 4 nitrogen and oxygen atoms in total. The topological polar surface area (TPSA) is 57.4 Å². The second-order valence-electron chi connectivity index (χ2n) is 3.99. The fourth-order valence-electron chi connectivity index (χ4n) is 1.82. The van der Waals surface area contributed by atoms with E-state index >= 15 is 0 Å². The van der Waals surface area contributed by atoms with Crippen molar-refractivity contribution in [3.8, 4) is 16.6 Å². The minimum absolute atomic E-state index is 0.550. The van der Waals surface area contributed by atoms with Gasteiger partial charge in [0.2, 0.25) is 5.06 Å². The van der Waals surface area contributed by atoms with Crippen molar-refractivity contribution in [2.24, 2.45) is 0 Å². The Morgan fingerprint density at radius 1 is 1.16 bits per heavy atom. The average molecular weight is 272 g/mol. The lowest BCUT2D eigenvalue weighted by Gasteiger charge is -2.07. The first-order chi connectivity index (χ1) is 9.28. The van der Waals surface area contributed by atoms with Crippen molar-refractivity contribution in [3.63, 3.8) is 0 Å². The number of anilines is 1. The summed E-state index contributed by atoms with van der Waals surface area (Å²) in [4.78, 5) is 0. The zero-order valence-electron chi connectivity index (χ0n) is 10.3. The minimum Gasteiger partial charge on any atom is -0.495 e. The Kier molecular flexibility index (Phi) is 2.97. The fraction of sp³-hybridized carbons (Fsp3) is 0.0714. The average Bonchev–Trinajstić information content (AvgIpc) is 2.83. The number of fused-ring (bicyclic) bond motifs is 1. The molecule has 0 aliphatic heterocycles. The van der Waals surface area contributed by atoms with Crippen LogP contribution in [-0.4, -0.2) is 11.5 Å². The van der Waals surface area contributed by atoms with Gasteiger partial charge in [0.1, 0.15) is 11.5 Å². The molecule has 1 aromatic heterocycles. The molecule has 0 spiro atoms. The quantitative estimate of drug-likeness (QED) is 0.739. The molecule has 3 aromatic rings. The predicted octanol–water partition coefficient (Wildman–Crippen LogP) is 3.68. The highest BCUT2D eigenvalue weighted by Gasteiger charge is 2.08. The van der Waals surface area contributed by atoms with E-state index in [0.717, 1.165) is 16.0 Å². The molecule has 0 fully saturated rings. The van der Waals surface area contributed by atoms with Gasteiger partial charge in [0, 0.05) is 17.6 Å². The summed E-state index contributed by atoms with van der Waals surface area (Å²) < 4.78 is 15.3. The molecule has 0 saturated carbocycles. The van der Waals surface area contributed by atoms with Crippen LogP contribution in [-0.2, 0) is 0 Å². The molecule has 3 rings (SSSR count). The number of nitrogens with two attached hydrogens (primary N) is 1. The smallest absolute Gasteiger partial charge is 0.207 e. The highest BCUT2D eigenvalue weighted by molar-refractivity contribution is 7.09. The third-order valence-electron chi connectivity index (χ3n) is 2.76. The van der Waals surface area contributed by atoms with Crippen LogP contribution in [0.3, 0.4) is 0 Å². The van der Waals surface area contributed by atoms with E-state index in [1.54, 1.807) is 19.2 Å². The van der Waals surface area contributed by atoms with Crippen LogP contribution in [0.4, 0.5) is 5.69 Å². The molecular weight excluding hydrogens is 260 g/mol. The number of benzene rings is 2. The van der Waals surface area contributed by atoms with E-state index in [1.165, 1.54) is 11.5 Å². The monoisotopic (exact) mass is 272 g/mol. The van der Waals surface area contributed by atoms with Crippen molar-refractivity contribution in [1.82, 2.24) is 4.37 Å². The number of nitrogens with zero attached hydrogens (tertiary/aromatic N) is 1. The van der Waals surface area contributed by atoms with E-state index in [4.69, 9.17) is 15.2 Å². The Morgan fingerprint density at radius 3 is 2.79 bits per heavy atom. The molecule has 0 bridgehead atoms. The minimum atomic E-state index is 0.550. The van der Waals surface area contributed by atoms with Gasteiger partial charge in [-0.05, 0) is 24.3 Å². The lowest BCUT2D eigenvalue weighted by molar-refractivity contribution is 0.415. The molecule has 96 valence electrons. The molecule has 19 heavy (non-hydrogen) atoms. The maximum Gasteiger partial charge on any atom is 0.207 e. The van der Waals surface area contributed by atoms with Gasteiger partial charge in [-0.2, -0.15) is 4.37 Å². The van der Waals surface area contributed by atoms with Gasteiger partial charge in [0.05, 0.1) is 23.7 Å². The van der Waals surface area contributed by atoms with Crippen LogP contribution >= 0.6 is 11.5 Å². The van der Waals surface area contributed by atoms with Gasteiger partial charge in [-0.3, -0.25) is 0 Å². The van der Waals surface area contributed by atoms with Crippen LogP contribution in [0.15, 0.2) is 42.5 Å². The third-order valence-corrected chi connectivity index (χ3v) is 3.52. The van der Waals surface area contributed by atoms with Gasteiger partial charge in [0.25, 0.3) is 0 Å². The van der Waals surface area contributed by atoms with Gasteiger partial charge in [-0.25, -0.2) is 0 Å². The Balaban J connectivity index is 1.95. The van der Waals surface area contributed by atoms with Gasteiger partial charge in [-0.15, -0.1) is 0 Å². The summed E-state index contributed by atoms with van der Waals surface area (Å²) >= 11 is 1.33. The largest absolute Gasteiger partial charge is 0.495 e. The number of hydrogen-bond acceptors (Lipinski definition) is 5. The van der Waals surface area contributed by atoms with Gasteiger partial charge < -0.3 is 15.2 Å². The molecule has 0 saturated heterocycles. The van der Waals surface area contributed by atoms with Crippen LogP contribution in [0.1, 0.15) is 0 Å². The summed E-state index contributed by atoms with van der Waals surface area (Å²) in [7, 11) is 1.59. The SMILES string of the molecule is COc1ccc(Oc2snc3ccccc23)cc1N. The second kappa shape index (κ2) is 4.78. The van der Waals surface area contributed by atoms with Crippen LogP contribution in [0, 0.1) is 0 Å². The van der Waals surface area contributed by atoms with E-state index in [9.17, 15) is 0 Å². The summed E-state index contributed by atoms with van der Waals surface area (Å²) in [5, 5.41) is 1.77. The zero-order valence-corrected chi connectivity index (χ0v) is 11.1. The molecule has 0 aliphatic rings. The van der Waals surface area contributed by atoms with Crippen molar-refractivity contribution < 1.29 is 9.47 Å². The van der Waals surface area contributed by atoms with E-state index in [-0.39, 0.29) is 0 Å². The summed E-state index contributed by atoms with van der Waals surface area (Å²) in [6.45, 7) is 0. The first-order valence-corrected chi connectivity index (χ1v) is 6.51. The Labute approximate surface area is 114 Å². The number of rotatable bonds is 3. The normalized spacial score (nSPS) is 10.6. The van der Waals surface area contributed by atoms with Crippen LogP contribution in [0.2, 0.25) is 0 Å². The lowest BCUT2D eigenvalue weighted by Crippen LogP contribution is -1.92. The Bertz CT molecular complexity index is 724. The molecule has 2 aromatic carbocycles. The second-order valence-corrected chi connectivity index (χ2v) is 4.73. The molecule has 0 unspecified atom stereocenters. The highest BCUT2D eigenvalue weighted by atomic mass is 32.1. The number of methoxy groups -OCH3 is 1. The first-order valence-electron chi connectivity index (χ1n) is 5.73. The summed E-state index contributed by atoms with van der Waals surface area (Å²) in [6.07, 6.45) is 0.